The molecule has 0 unspecified atom stereocenters. The molecule has 9 heteroatoms. The third-order valence-electron chi connectivity index (χ3n) is 5.38. The Morgan fingerprint density at radius 3 is 2.32 bits per heavy atom. The van der Waals surface area contributed by atoms with E-state index in [0.717, 1.165) is 15.6 Å². The third kappa shape index (κ3) is 8.88. The minimum Gasteiger partial charge on any atom is -0.484 e. The molecule has 0 spiro atoms. The average molecular weight is 565 g/mol. The van der Waals surface area contributed by atoms with E-state index >= 15 is 0 Å². The number of hydrazone groups is 1. The van der Waals surface area contributed by atoms with Gasteiger partial charge in [-0.05, 0) is 77.6 Å². The largest absolute Gasteiger partial charge is 0.484 e. The fourth-order valence-corrected chi connectivity index (χ4v) is 3.46. The second-order valence-corrected chi connectivity index (χ2v) is 9.50. The first-order chi connectivity index (χ1) is 17.7. The maximum absolute atomic E-state index is 12.1. The molecule has 0 aromatic heterocycles. The molecule has 0 fully saturated rings. The fourth-order valence-electron chi connectivity index (χ4n) is 3.22. The summed E-state index contributed by atoms with van der Waals surface area (Å²) in [5, 5.41) is 9.17. The van der Waals surface area contributed by atoms with Crippen molar-refractivity contribution in [2.24, 2.45) is 5.10 Å². The van der Waals surface area contributed by atoms with E-state index in [4.69, 9.17) is 4.74 Å². The molecule has 0 saturated carbocycles. The lowest BCUT2D eigenvalue weighted by Crippen LogP contribution is -2.37. The van der Waals surface area contributed by atoms with Gasteiger partial charge in [-0.2, -0.15) is 5.10 Å². The second-order valence-electron chi connectivity index (χ2n) is 8.65. The normalized spacial score (nSPS) is 10.8. The van der Waals surface area contributed by atoms with Crippen LogP contribution in [-0.4, -0.2) is 30.5 Å². The quantitative estimate of drug-likeness (QED) is 0.199. The Morgan fingerprint density at radius 1 is 0.973 bits per heavy atom. The number of ether oxygens (including phenoxy) is 1. The summed E-state index contributed by atoms with van der Waals surface area (Å²) in [6.45, 7) is 6.26. The molecular weight excluding hydrogens is 536 g/mol. The Labute approximate surface area is 224 Å². The number of rotatable bonds is 9. The van der Waals surface area contributed by atoms with E-state index in [1.54, 1.807) is 30.3 Å². The first-order valence-electron chi connectivity index (χ1n) is 11.7. The Kier molecular flexibility index (Phi) is 9.97. The van der Waals surface area contributed by atoms with Gasteiger partial charge < -0.3 is 15.4 Å². The van der Waals surface area contributed by atoms with Crippen LogP contribution in [0.25, 0.3) is 0 Å². The molecule has 0 aliphatic rings. The molecule has 0 heterocycles. The molecule has 3 aromatic carbocycles. The predicted molar refractivity (Wildman–Crippen MR) is 148 cm³/mol. The SMILES string of the molecule is Cc1cc(NC(=O)COc2ccc(/C=N\NC(=O)C(=O)NCc3ccc(C(C)C)cc3)cc2)ccc1Br. The van der Waals surface area contributed by atoms with Crippen molar-refractivity contribution in [1.29, 1.82) is 0 Å². The molecule has 0 bridgehead atoms. The van der Waals surface area contributed by atoms with Crippen LogP contribution in [0.4, 0.5) is 5.69 Å². The molecule has 0 radical (unpaired) electrons. The number of amides is 3. The maximum Gasteiger partial charge on any atom is 0.329 e. The highest BCUT2D eigenvalue weighted by atomic mass is 79.9. The van der Waals surface area contributed by atoms with Crippen LogP contribution in [0.5, 0.6) is 5.75 Å². The summed E-state index contributed by atoms with van der Waals surface area (Å²) in [5.74, 6) is -0.979. The Bertz CT molecular complexity index is 1270. The molecule has 0 saturated heterocycles. The smallest absolute Gasteiger partial charge is 0.329 e. The zero-order chi connectivity index (χ0) is 26.8. The summed E-state index contributed by atoms with van der Waals surface area (Å²) < 4.78 is 6.48. The minimum atomic E-state index is -0.859. The van der Waals surface area contributed by atoms with Crippen molar-refractivity contribution >= 4 is 45.6 Å². The van der Waals surface area contributed by atoms with Crippen molar-refractivity contribution < 1.29 is 19.1 Å². The van der Waals surface area contributed by atoms with E-state index in [1.807, 2.05) is 43.3 Å². The maximum atomic E-state index is 12.1. The van der Waals surface area contributed by atoms with Gasteiger partial charge in [0.25, 0.3) is 5.91 Å². The number of nitrogens with zero attached hydrogens (tertiary/aromatic N) is 1. The number of anilines is 1. The van der Waals surface area contributed by atoms with E-state index in [0.29, 0.717) is 22.9 Å². The second kappa shape index (κ2) is 13.4. The molecule has 0 aliphatic heterocycles. The number of hydrogen-bond acceptors (Lipinski definition) is 5. The van der Waals surface area contributed by atoms with Gasteiger partial charge in [0.1, 0.15) is 5.75 Å². The summed E-state index contributed by atoms with van der Waals surface area (Å²) in [5.41, 5.74) is 6.70. The molecule has 37 heavy (non-hydrogen) atoms. The molecule has 3 N–H and O–H groups in total. The standard InChI is InChI=1S/C28H29BrN4O4/c1-18(2)22-8-4-20(5-9-22)15-30-27(35)28(36)33-31-16-21-6-11-24(12-7-21)37-17-26(34)32-23-10-13-25(29)19(3)14-23/h4-14,16,18H,15,17H2,1-3H3,(H,30,35)(H,32,34)(H,33,36)/b31-16-. The van der Waals surface area contributed by atoms with Gasteiger partial charge in [-0.1, -0.05) is 54.0 Å². The topological polar surface area (TPSA) is 109 Å². The van der Waals surface area contributed by atoms with Crippen LogP contribution in [-0.2, 0) is 20.9 Å². The van der Waals surface area contributed by atoms with E-state index in [9.17, 15) is 14.4 Å². The van der Waals surface area contributed by atoms with Crippen LogP contribution in [0.1, 0.15) is 42.0 Å². The number of hydrogen-bond donors (Lipinski definition) is 3. The average Bonchev–Trinajstić information content (AvgIpc) is 2.89. The molecule has 0 atom stereocenters. The van der Waals surface area contributed by atoms with Gasteiger partial charge in [0.15, 0.2) is 6.61 Å². The molecular formula is C28H29BrN4O4. The van der Waals surface area contributed by atoms with Crippen molar-refractivity contribution in [3.63, 3.8) is 0 Å². The van der Waals surface area contributed by atoms with Crippen LogP contribution in [0.3, 0.4) is 0 Å². The first-order valence-corrected chi connectivity index (χ1v) is 12.5. The summed E-state index contributed by atoms with van der Waals surface area (Å²) in [6, 6.07) is 20.2. The summed E-state index contributed by atoms with van der Waals surface area (Å²) in [6.07, 6.45) is 1.40. The zero-order valence-electron chi connectivity index (χ0n) is 20.9. The van der Waals surface area contributed by atoms with Crippen LogP contribution >= 0.6 is 15.9 Å². The predicted octanol–water partition coefficient (Wildman–Crippen LogP) is 4.66. The van der Waals surface area contributed by atoms with Gasteiger partial charge >= 0.3 is 11.8 Å². The monoisotopic (exact) mass is 564 g/mol. The molecule has 3 amide bonds. The Hall–Kier alpha value is -3.98. The molecule has 0 aliphatic carbocycles. The van der Waals surface area contributed by atoms with Gasteiger partial charge in [-0.25, -0.2) is 5.43 Å². The number of carbonyl (C=O) groups is 3. The van der Waals surface area contributed by atoms with Crippen LogP contribution in [0.2, 0.25) is 0 Å². The van der Waals surface area contributed by atoms with Crippen molar-refractivity contribution in [1.82, 2.24) is 10.7 Å². The Morgan fingerprint density at radius 2 is 1.68 bits per heavy atom. The number of nitrogens with one attached hydrogen (secondary N) is 3. The molecule has 3 rings (SSSR count). The number of aryl methyl sites for hydroxylation is 1. The van der Waals surface area contributed by atoms with Crippen LogP contribution in [0.15, 0.2) is 76.3 Å². The van der Waals surface area contributed by atoms with Crippen LogP contribution < -0.4 is 20.8 Å². The van der Waals surface area contributed by atoms with E-state index in [1.165, 1.54) is 11.8 Å². The minimum absolute atomic E-state index is 0.143. The Balaban J connectivity index is 1.39. The number of halogens is 1. The molecule has 3 aromatic rings. The van der Waals surface area contributed by atoms with Crippen molar-refractivity contribution in [3.05, 3.63) is 93.5 Å². The number of carbonyl (C=O) groups excluding carboxylic acids is 3. The number of benzene rings is 3. The van der Waals surface area contributed by atoms with Crippen molar-refractivity contribution in [2.75, 3.05) is 11.9 Å². The molecule has 8 nitrogen and oxygen atoms in total. The van der Waals surface area contributed by atoms with Gasteiger partial charge in [0, 0.05) is 16.7 Å². The zero-order valence-corrected chi connectivity index (χ0v) is 22.5. The highest BCUT2D eigenvalue weighted by Gasteiger charge is 2.12. The van der Waals surface area contributed by atoms with E-state index in [-0.39, 0.29) is 19.1 Å². The lowest BCUT2D eigenvalue weighted by molar-refractivity contribution is -0.139. The fraction of sp³-hybridized carbons (Fsp3) is 0.214. The van der Waals surface area contributed by atoms with E-state index in [2.05, 4.69) is 50.9 Å². The summed E-state index contributed by atoms with van der Waals surface area (Å²) in [4.78, 5) is 36.1. The highest BCUT2D eigenvalue weighted by Crippen LogP contribution is 2.20. The lowest BCUT2D eigenvalue weighted by Gasteiger charge is -2.09. The first kappa shape index (κ1) is 27.6. The van der Waals surface area contributed by atoms with Gasteiger partial charge in [-0.15, -0.1) is 0 Å². The van der Waals surface area contributed by atoms with Gasteiger partial charge in [0.2, 0.25) is 0 Å². The third-order valence-corrected chi connectivity index (χ3v) is 6.27. The van der Waals surface area contributed by atoms with Crippen molar-refractivity contribution in [2.45, 2.75) is 33.2 Å². The molecule has 192 valence electrons. The lowest BCUT2D eigenvalue weighted by atomic mass is 10.0. The summed E-state index contributed by atoms with van der Waals surface area (Å²) >= 11 is 3.43. The van der Waals surface area contributed by atoms with E-state index < -0.39 is 11.8 Å². The van der Waals surface area contributed by atoms with Gasteiger partial charge in [-0.3, -0.25) is 14.4 Å². The van der Waals surface area contributed by atoms with Gasteiger partial charge in [0.05, 0.1) is 6.21 Å². The van der Waals surface area contributed by atoms with Crippen molar-refractivity contribution in [3.8, 4) is 5.75 Å². The van der Waals surface area contributed by atoms with Crippen LogP contribution in [0, 0.1) is 6.92 Å². The summed E-state index contributed by atoms with van der Waals surface area (Å²) in [7, 11) is 0. The highest BCUT2D eigenvalue weighted by molar-refractivity contribution is 9.10.